The van der Waals surface area contributed by atoms with E-state index >= 15 is 0 Å². The normalized spacial score (nSPS) is 10.5. The zero-order chi connectivity index (χ0) is 17.6. The van der Waals surface area contributed by atoms with Gasteiger partial charge in [0.2, 0.25) is 0 Å². The number of carbonyl (C=O) groups excluding carboxylic acids is 1. The first-order valence-corrected chi connectivity index (χ1v) is 7.84. The third-order valence-electron chi connectivity index (χ3n) is 3.34. The Morgan fingerprint density at radius 3 is 2.60 bits per heavy atom. The van der Waals surface area contributed by atoms with Crippen molar-refractivity contribution in [1.29, 1.82) is 0 Å². The van der Waals surface area contributed by atoms with Crippen molar-refractivity contribution in [2.45, 2.75) is 6.54 Å². The third kappa shape index (κ3) is 4.81. The van der Waals surface area contributed by atoms with Gasteiger partial charge in [-0.3, -0.25) is 4.79 Å². The molecule has 0 radical (unpaired) electrons. The summed E-state index contributed by atoms with van der Waals surface area (Å²) in [5, 5.41) is 7.22. The van der Waals surface area contributed by atoms with Crippen molar-refractivity contribution < 1.29 is 18.4 Å². The molecule has 1 heterocycles. The van der Waals surface area contributed by atoms with E-state index in [0.29, 0.717) is 22.2 Å². The SMILES string of the molecule is O=C(COc1ccc(F)cc1)NCc1cc(-c2ccc(Cl)cc2)on1. The van der Waals surface area contributed by atoms with E-state index in [1.54, 1.807) is 18.2 Å². The van der Waals surface area contributed by atoms with Gasteiger partial charge >= 0.3 is 0 Å². The minimum Gasteiger partial charge on any atom is -0.484 e. The van der Waals surface area contributed by atoms with Crippen LogP contribution in [0.3, 0.4) is 0 Å². The summed E-state index contributed by atoms with van der Waals surface area (Å²) < 4.78 is 23.3. The van der Waals surface area contributed by atoms with Crippen LogP contribution < -0.4 is 10.1 Å². The van der Waals surface area contributed by atoms with Gasteiger partial charge in [0.25, 0.3) is 5.91 Å². The van der Waals surface area contributed by atoms with E-state index in [-0.39, 0.29) is 24.9 Å². The minimum absolute atomic E-state index is 0.173. The summed E-state index contributed by atoms with van der Waals surface area (Å²) in [4.78, 5) is 11.8. The molecule has 25 heavy (non-hydrogen) atoms. The highest BCUT2D eigenvalue weighted by Crippen LogP contribution is 2.22. The molecule has 1 N–H and O–H groups in total. The largest absolute Gasteiger partial charge is 0.484 e. The fourth-order valence-electron chi connectivity index (χ4n) is 2.07. The zero-order valence-electron chi connectivity index (χ0n) is 13.0. The highest BCUT2D eigenvalue weighted by atomic mass is 35.5. The molecular formula is C18H14ClFN2O3. The van der Waals surface area contributed by atoms with Crippen LogP contribution in [0.15, 0.2) is 59.1 Å². The van der Waals surface area contributed by atoms with Crippen LogP contribution in [-0.2, 0) is 11.3 Å². The van der Waals surface area contributed by atoms with Gasteiger partial charge in [0.05, 0.1) is 6.54 Å². The maximum absolute atomic E-state index is 12.8. The summed E-state index contributed by atoms with van der Waals surface area (Å²) in [6, 6.07) is 14.3. The van der Waals surface area contributed by atoms with Crippen molar-refractivity contribution in [1.82, 2.24) is 10.5 Å². The second-order valence-electron chi connectivity index (χ2n) is 5.21. The predicted octanol–water partition coefficient (Wildman–Crippen LogP) is 3.83. The number of hydrogen-bond donors (Lipinski definition) is 1. The quantitative estimate of drug-likeness (QED) is 0.725. The molecule has 0 saturated carbocycles. The molecule has 0 spiro atoms. The van der Waals surface area contributed by atoms with Gasteiger partial charge in [-0.1, -0.05) is 16.8 Å². The lowest BCUT2D eigenvalue weighted by Crippen LogP contribution is -2.28. The summed E-state index contributed by atoms with van der Waals surface area (Å²) in [6.07, 6.45) is 0. The Labute approximate surface area is 148 Å². The number of amides is 1. The van der Waals surface area contributed by atoms with Crippen LogP contribution in [0.25, 0.3) is 11.3 Å². The lowest BCUT2D eigenvalue weighted by Gasteiger charge is -2.06. The number of hydrogen-bond acceptors (Lipinski definition) is 4. The first-order chi connectivity index (χ1) is 12.1. The Balaban J connectivity index is 1.49. The first kappa shape index (κ1) is 17.0. The molecule has 0 atom stereocenters. The highest BCUT2D eigenvalue weighted by molar-refractivity contribution is 6.30. The van der Waals surface area contributed by atoms with Gasteiger partial charge in [0.15, 0.2) is 12.4 Å². The maximum Gasteiger partial charge on any atom is 0.258 e. The van der Waals surface area contributed by atoms with E-state index in [1.807, 2.05) is 12.1 Å². The van der Waals surface area contributed by atoms with Crippen molar-refractivity contribution in [3.05, 3.63) is 71.1 Å². The summed E-state index contributed by atoms with van der Waals surface area (Å²) in [6.45, 7) is 0.0379. The van der Waals surface area contributed by atoms with Crippen molar-refractivity contribution in [3.8, 4) is 17.1 Å². The molecule has 2 aromatic carbocycles. The van der Waals surface area contributed by atoms with Gasteiger partial charge < -0.3 is 14.6 Å². The van der Waals surface area contributed by atoms with E-state index in [4.69, 9.17) is 20.9 Å². The van der Waals surface area contributed by atoms with E-state index in [2.05, 4.69) is 10.5 Å². The molecule has 0 bridgehead atoms. The lowest BCUT2D eigenvalue weighted by molar-refractivity contribution is -0.123. The Hall–Kier alpha value is -2.86. The van der Waals surface area contributed by atoms with Crippen LogP contribution >= 0.6 is 11.6 Å². The Morgan fingerprint density at radius 1 is 1.16 bits per heavy atom. The van der Waals surface area contributed by atoms with Gasteiger partial charge in [-0.15, -0.1) is 0 Å². The number of carbonyl (C=O) groups is 1. The molecule has 0 fully saturated rings. The highest BCUT2D eigenvalue weighted by Gasteiger charge is 2.09. The monoisotopic (exact) mass is 360 g/mol. The predicted molar refractivity (Wildman–Crippen MR) is 90.7 cm³/mol. The fourth-order valence-corrected chi connectivity index (χ4v) is 2.19. The molecule has 1 amide bonds. The number of rotatable bonds is 6. The lowest BCUT2D eigenvalue weighted by atomic mass is 10.1. The van der Waals surface area contributed by atoms with Crippen LogP contribution in [0.5, 0.6) is 5.75 Å². The molecule has 1 aromatic heterocycles. The number of aromatic nitrogens is 1. The van der Waals surface area contributed by atoms with Gasteiger partial charge in [-0.25, -0.2) is 4.39 Å². The summed E-state index contributed by atoms with van der Waals surface area (Å²) in [7, 11) is 0. The van der Waals surface area contributed by atoms with Crippen LogP contribution in [-0.4, -0.2) is 17.7 Å². The molecular weight excluding hydrogens is 347 g/mol. The minimum atomic E-state index is -0.362. The molecule has 0 saturated heterocycles. The molecule has 3 rings (SSSR count). The molecule has 0 aliphatic rings. The summed E-state index contributed by atoms with van der Waals surface area (Å²) >= 11 is 5.85. The zero-order valence-corrected chi connectivity index (χ0v) is 13.8. The number of ether oxygens (including phenoxy) is 1. The number of halogens is 2. The number of nitrogens with zero attached hydrogens (tertiary/aromatic N) is 1. The maximum atomic E-state index is 12.8. The van der Waals surface area contributed by atoms with E-state index in [1.165, 1.54) is 24.3 Å². The van der Waals surface area contributed by atoms with Crippen LogP contribution in [0.2, 0.25) is 5.02 Å². The van der Waals surface area contributed by atoms with E-state index in [0.717, 1.165) is 5.56 Å². The van der Waals surface area contributed by atoms with Gasteiger partial charge in [-0.2, -0.15) is 0 Å². The third-order valence-corrected chi connectivity index (χ3v) is 3.59. The first-order valence-electron chi connectivity index (χ1n) is 7.47. The van der Waals surface area contributed by atoms with Crippen molar-refractivity contribution in [3.63, 3.8) is 0 Å². The molecule has 0 aliphatic heterocycles. The molecule has 5 nitrogen and oxygen atoms in total. The molecule has 7 heteroatoms. The van der Waals surface area contributed by atoms with E-state index < -0.39 is 0 Å². The van der Waals surface area contributed by atoms with Crippen LogP contribution in [0, 0.1) is 5.82 Å². The van der Waals surface area contributed by atoms with E-state index in [9.17, 15) is 9.18 Å². The second kappa shape index (κ2) is 7.81. The fraction of sp³-hybridized carbons (Fsp3) is 0.111. The van der Waals surface area contributed by atoms with Crippen LogP contribution in [0.4, 0.5) is 4.39 Å². The summed E-state index contributed by atoms with van der Waals surface area (Å²) in [5.41, 5.74) is 1.43. The molecule has 128 valence electrons. The van der Waals surface area contributed by atoms with Crippen LogP contribution in [0.1, 0.15) is 5.69 Å². The molecule has 0 unspecified atom stereocenters. The molecule has 3 aromatic rings. The van der Waals surface area contributed by atoms with Gasteiger partial charge in [0, 0.05) is 16.7 Å². The Kier molecular flexibility index (Phi) is 5.30. The molecule has 0 aliphatic carbocycles. The van der Waals surface area contributed by atoms with Crippen molar-refractivity contribution >= 4 is 17.5 Å². The second-order valence-corrected chi connectivity index (χ2v) is 5.65. The average molecular weight is 361 g/mol. The smallest absolute Gasteiger partial charge is 0.258 e. The number of benzene rings is 2. The van der Waals surface area contributed by atoms with Crippen molar-refractivity contribution in [2.24, 2.45) is 0 Å². The van der Waals surface area contributed by atoms with Gasteiger partial charge in [0.1, 0.15) is 17.3 Å². The standard InChI is InChI=1S/C18H14ClFN2O3/c19-13-3-1-12(2-4-13)17-9-15(22-25-17)10-21-18(23)11-24-16-7-5-14(20)6-8-16/h1-9H,10-11H2,(H,21,23). The average Bonchev–Trinajstić information content (AvgIpc) is 3.09. The van der Waals surface area contributed by atoms with Gasteiger partial charge in [-0.05, 0) is 48.5 Å². The Morgan fingerprint density at radius 2 is 1.88 bits per heavy atom. The van der Waals surface area contributed by atoms with Crippen molar-refractivity contribution in [2.75, 3.05) is 6.61 Å². The Bertz CT molecular complexity index is 848. The topological polar surface area (TPSA) is 64.4 Å². The number of nitrogens with one attached hydrogen (secondary N) is 1. The summed E-state index contributed by atoms with van der Waals surface area (Å²) in [5.74, 6) is 0.325.